The van der Waals surface area contributed by atoms with Gasteiger partial charge in [-0.05, 0) is 30.5 Å². The molecule has 1 saturated carbocycles. The van der Waals surface area contributed by atoms with Crippen LogP contribution in [0, 0.1) is 0 Å². The van der Waals surface area contributed by atoms with Crippen LogP contribution in [0.3, 0.4) is 0 Å². The van der Waals surface area contributed by atoms with Crippen LogP contribution in [-0.4, -0.2) is 24.3 Å². The summed E-state index contributed by atoms with van der Waals surface area (Å²) in [5, 5.41) is 9.21. The fraction of sp³-hybridized carbons (Fsp3) is 0.417. The molecule has 0 aliphatic heterocycles. The zero-order valence-electron chi connectivity index (χ0n) is 8.78. The number of carboxylic acid groups (broad SMARTS) is 1. The molecule has 3 nitrogen and oxygen atoms in total. The van der Waals surface area contributed by atoms with Crippen LogP contribution in [0.4, 0.5) is 0 Å². The van der Waals surface area contributed by atoms with Gasteiger partial charge in [0.25, 0.3) is 0 Å². The summed E-state index contributed by atoms with van der Waals surface area (Å²) in [7, 11) is 0. The van der Waals surface area contributed by atoms with Crippen LogP contribution in [-0.2, 0) is 14.9 Å². The van der Waals surface area contributed by atoms with Crippen molar-refractivity contribution in [1.29, 1.82) is 0 Å². The molecule has 0 unspecified atom stereocenters. The smallest absolute Gasteiger partial charge is 0.329 e. The number of benzene rings is 1. The van der Waals surface area contributed by atoms with Crippen LogP contribution >= 0.6 is 11.6 Å². The molecular formula is C12H13ClO3. The van der Waals surface area contributed by atoms with E-state index in [1.807, 2.05) is 24.3 Å². The number of ether oxygens (including phenoxy) is 1. The fourth-order valence-electron chi connectivity index (χ4n) is 1.80. The first kappa shape index (κ1) is 11.4. The summed E-state index contributed by atoms with van der Waals surface area (Å²) in [5.74, 6) is -0.924. The topological polar surface area (TPSA) is 46.5 Å². The second-order valence-corrected chi connectivity index (χ2v) is 4.61. The molecule has 4 heteroatoms. The SMILES string of the molecule is O=C(O)COCC1(c2ccc(Cl)cc2)CC1. The van der Waals surface area contributed by atoms with Gasteiger partial charge in [0, 0.05) is 10.4 Å². The van der Waals surface area contributed by atoms with Crippen molar-refractivity contribution in [3.8, 4) is 0 Å². The van der Waals surface area contributed by atoms with E-state index < -0.39 is 5.97 Å². The minimum atomic E-state index is -0.924. The van der Waals surface area contributed by atoms with E-state index in [0.29, 0.717) is 11.6 Å². The number of rotatable bonds is 5. The highest BCUT2D eigenvalue weighted by Gasteiger charge is 2.44. The van der Waals surface area contributed by atoms with E-state index in [1.54, 1.807) is 0 Å². The number of aliphatic carboxylic acids is 1. The third kappa shape index (κ3) is 2.54. The molecule has 0 saturated heterocycles. The molecular weight excluding hydrogens is 228 g/mol. The Morgan fingerprint density at radius 3 is 2.50 bits per heavy atom. The first-order chi connectivity index (χ1) is 7.62. The standard InChI is InChI=1S/C12H13ClO3/c13-10-3-1-9(2-4-10)12(5-6-12)8-16-7-11(14)15/h1-4H,5-8H2,(H,14,15). The molecule has 1 aromatic rings. The fourth-order valence-corrected chi connectivity index (χ4v) is 1.93. The Bertz CT molecular complexity index is 382. The summed E-state index contributed by atoms with van der Waals surface area (Å²) < 4.78 is 5.17. The Morgan fingerprint density at radius 1 is 1.38 bits per heavy atom. The molecule has 0 spiro atoms. The summed E-state index contributed by atoms with van der Waals surface area (Å²) in [5.41, 5.74) is 1.21. The summed E-state index contributed by atoms with van der Waals surface area (Å²) in [4.78, 5) is 10.3. The van der Waals surface area contributed by atoms with Gasteiger partial charge in [0.15, 0.2) is 0 Å². The van der Waals surface area contributed by atoms with Crippen molar-refractivity contribution in [2.45, 2.75) is 18.3 Å². The monoisotopic (exact) mass is 240 g/mol. The van der Waals surface area contributed by atoms with Gasteiger partial charge in [-0.2, -0.15) is 0 Å². The van der Waals surface area contributed by atoms with Crippen molar-refractivity contribution >= 4 is 17.6 Å². The second-order valence-electron chi connectivity index (χ2n) is 4.17. The zero-order chi connectivity index (χ0) is 11.6. The van der Waals surface area contributed by atoms with Gasteiger partial charge in [0.05, 0.1) is 6.61 Å². The third-order valence-electron chi connectivity index (χ3n) is 2.91. The molecule has 0 radical (unpaired) electrons. The van der Waals surface area contributed by atoms with Crippen molar-refractivity contribution in [3.05, 3.63) is 34.9 Å². The molecule has 1 aromatic carbocycles. The second kappa shape index (κ2) is 4.44. The van der Waals surface area contributed by atoms with Crippen LogP contribution in [0.1, 0.15) is 18.4 Å². The van der Waals surface area contributed by atoms with Crippen LogP contribution in [0.25, 0.3) is 0 Å². The Balaban J connectivity index is 1.97. The van der Waals surface area contributed by atoms with Gasteiger partial charge in [-0.25, -0.2) is 4.79 Å². The predicted molar refractivity (Wildman–Crippen MR) is 60.8 cm³/mol. The Morgan fingerprint density at radius 2 is 2.00 bits per heavy atom. The summed E-state index contributed by atoms with van der Waals surface area (Å²) in [6.07, 6.45) is 2.10. The molecule has 1 aliphatic rings. The van der Waals surface area contributed by atoms with Gasteiger partial charge in [-0.3, -0.25) is 0 Å². The van der Waals surface area contributed by atoms with Gasteiger partial charge < -0.3 is 9.84 Å². The number of halogens is 1. The number of carboxylic acids is 1. The molecule has 1 aliphatic carbocycles. The Hall–Kier alpha value is -1.06. The van der Waals surface area contributed by atoms with E-state index in [0.717, 1.165) is 12.8 Å². The van der Waals surface area contributed by atoms with E-state index >= 15 is 0 Å². The third-order valence-corrected chi connectivity index (χ3v) is 3.17. The minimum absolute atomic E-state index is 0.0278. The lowest BCUT2D eigenvalue weighted by molar-refractivity contribution is -0.142. The quantitative estimate of drug-likeness (QED) is 0.860. The van der Waals surface area contributed by atoms with Crippen LogP contribution in [0.5, 0.6) is 0 Å². The van der Waals surface area contributed by atoms with E-state index in [9.17, 15) is 4.79 Å². The summed E-state index contributed by atoms with van der Waals surface area (Å²) in [6, 6.07) is 7.68. The first-order valence-electron chi connectivity index (χ1n) is 5.18. The lowest BCUT2D eigenvalue weighted by atomic mass is 9.97. The minimum Gasteiger partial charge on any atom is -0.480 e. The van der Waals surface area contributed by atoms with Gasteiger partial charge in [-0.1, -0.05) is 23.7 Å². The highest BCUT2D eigenvalue weighted by molar-refractivity contribution is 6.30. The molecule has 0 aromatic heterocycles. The summed E-state index contributed by atoms with van der Waals surface area (Å²) in [6.45, 7) is 0.246. The van der Waals surface area contributed by atoms with Crippen LogP contribution in [0.15, 0.2) is 24.3 Å². The van der Waals surface area contributed by atoms with Crippen molar-refractivity contribution in [2.75, 3.05) is 13.2 Å². The summed E-state index contributed by atoms with van der Waals surface area (Å²) >= 11 is 5.82. The lowest BCUT2D eigenvalue weighted by Crippen LogP contribution is -2.18. The van der Waals surface area contributed by atoms with Crippen LogP contribution < -0.4 is 0 Å². The van der Waals surface area contributed by atoms with E-state index in [2.05, 4.69) is 0 Å². The zero-order valence-corrected chi connectivity index (χ0v) is 9.54. The molecule has 16 heavy (non-hydrogen) atoms. The maximum Gasteiger partial charge on any atom is 0.329 e. The van der Waals surface area contributed by atoms with Crippen molar-refractivity contribution < 1.29 is 14.6 Å². The highest BCUT2D eigenvalue weighted by Crippen LogP contribution is 2.48. The number of hydrogen-bond donors (Lipinski definition) is 1. The van der Waals surface area contributed by atoms with E-state index in [1.165, 1.54) is 5.56 Å². The molecule has 86 valence electrons. The maximum atomic E-state index is 10.3. The Labute approximate surface area is 99.0 Å². The lowest BCUT2D eigenvalue weighted by Gasteiger charge is -2.15. The average Bonchev–Trinajstić information content (AvgIpc) is 2.99. The van der Waals surface area contributed by atoms with E-state index in [-0.39, 0.29) is 12.0 Å². The largest absolute Gasteiger partial charge is 0.480 e. The van der Waals surface area contributed by atoms with Crippen molar-refractivity contribution in [3.63, 3.8) is 0 Å². The predicted octanol–water partition coefficient (Wildman–Crippen LogP) is 2.47. The van der Waals surface area contributed by atoms with Crippen molar-refractivity contribution in [2.24, 2.45) is 0 Å². The number of hydrogen-bond acceptors (Lipinski definition) is 2. The normalized spacial score (nSPS) is 17.1. The average molecular weight is 241 g/mol. The molecule has 0 amide bonds. The van der Waals surface area contributed by atoms with Crippen molar-refractivity contribution in [1.82, 2.24) is 0 Å². The van der Waals surface area contributed by atoms with Crippen LogP contribution in [0.2, 0.25) is 5.02 Å². The molecule has 0 atom stereocenters. The first-order valence-corrected chi connectivity index (χ1v) is 5.56. The van der Waals surface area contributed by atoms with Gasteiger partial charge in [0.1, 0.15) is 6.61 Å². The van der Waals surface area contributed by atoms with Gasteiger partial charge in [0.2, 0.25) is 0 Å². The number of carbonyl (C=O) groups is 1. The van der Waals surface area contributed by atoms with Gasteiger partial charge >= 0.3 is 5.97 Å². The van der Waals surface area contributed by atoms with E-state index in [4.69, 9.17) is 21.4 Å². The molecule has 1 N–H and O–H groups in total. The molecule has 2 rings (SSSR count). The molecule has 0 heterocycles. The Kier molecular flexibility index (Phi) is 3.17. The highest BCUT2D eigenvalue weighted by atomic mass is 35.5. The molecule has 1 fully saturated rings. The van der Waals surface area contributed by atoms with Gasteiger partial charge in [-0.15, -0.1) is 0 Å². The molecule has 0 bridgehead atoms. The maximum absolute atomic E-state index is 10.3.